The Bertz CT molecular complexity index is 1300. The van der Waals surface area contributed by atoms with Crippen LogP contribution < -0.4 is 4.72 Å². The Balaban J connectivity index is 1.52. The summed E-state index contributed by atoms with van der Waals surface area (Å²) in [4.78, 5) is 2.72. The Labute approximate surface area is 208 Å². The summed E-state index contributed by atoms with van der Waals surface area (Å²) >= 11 is 0. The van der Waals surface area contributed by atoms with Crippen molar-refractivity contribution in [3.63, 3.8) is 0 Å². The molecule has 1 aliphatic heterocycles. The van der Waals surface area contributed by atoms with Crippen LogP contribution in [0.2, 0.25) is 0 Å². The molecule has 5 heteroatoms. The molecule has 178 valence electrons. The molecule has 1 aliphatic rings. The number of hydrogen-bond acceptors (Lipinski definition) is 3. The Morgan fingerprint density at radius 3 is 1.66 bits per heavy atom. The normalized spacial score (nSPS) is 17.1. The molecule has 4 nitrogen and oxygen atoms in total. The van der Waals surface area contributed by atoms with Gasteiger partial charge in [-0.15, -0.1) is 0 Å². The first-order valence-electron chi connectivity index (χ1n) is 12.0. The maximum absolute atomic E-state index is 13.5. The van der Waals surface area contributed by atoms with Crippen LogP contribution in [0.25, 0.3) is 0 Å². The number of aryl methyl sites for hydroxylation is 1. The highest BCUT2D eigenvalue weighted by molar-refractivity contribution is 7.89. The van der Waals surface area contributed by atoms with Gasteiger partial charge in [-0.3, -0.25) is 4.90 Å². The smallest absolute Gasteiger partial charge is 0.241 e. The maximum Gasteiger partial charge on any atom is 0.241 e. The van der Waals surface area contributed by atoms with Gasteiger partial charge in [-0.25, -0.2) is 13.1 Å². The number of likely N-dealkylation sites (tertiary alicyclic amines) is 1. The van der Waals surface area contributed by atoms with Crippen LogP contribution in [-0.4, -0.2) is 25.9 Å². The lowest BCUT2D eigenvalue weighted by Gasteiger charge is -2.50. The van der Waals surface area contributed by atoms with Gasteiger partial charge in [-0.1, -0.05) is 109 Å². The average molecular weight is 483 g/mol. The van der Waals surface area contributed by atoms with Crippen LogP contribution in [0.4, 0.5) is 0 Å². The van der Waals surface area contributed by atoms with Crippen LogP contribution in [0.3, 0.4) is 0 Å². The minimum absolute atomic E-state index is 0.0167. The molecule has 4 aromatic carbocycles. The van der Waals surface area contributed by atoms with Crippen LogP contribution in [0.5, 0.6) is 0 Å². The minimum atomic E-state index is -3.70. The zero-order valence-electron chi connectivity index (χ0n) is 19.8. The molecule has 1 saturated heterocycles. The van der Waals surface area contributed by atoms with Gasteiger partial charge in [0.05, 0.1) is 17.0 Å². The fraction of sp³-hybridized carbons (Fsp3) is 0.200. The average Bonchev–Trinajstić information content (AvgIpc) is 2.88. The van der Waals surface area contributed by atoms with Gasteiger partial charge in [0.15, 0.2) is 0 Å². The maximum atomic E-state index is 13.5. The quantitative estimate of drug-likeness (QED) is 0.341. The number of nitrogens with one attached hydrogen (secondary N) is 1. The molecule has 5 rings (SSSR count). The van der Waals surface area contributed by atoms with E-state index in [2.05, 4.69) is 58.2 Å². The summed E-state index contributed by atoms with van der Waals surface area (Å²) in [7, 11) is -3.70. The second-order valence-corrected chi connectivity index (χ2v) is 10.9. The summed E-state index contributed by atoms with van der Waals surface area (Å²) in [6.45, 7) is 2.85. The SMILES string of the molecule is Cc1ccc(S(=O)(=O)NC(c2ccccc2)C2CCN2C(c2ccccc2)c2ccccc2)cc1. The molecule has 0 aromatic heterocycles. The molecule has 0 saturated carbocycles. The highest BCUT2D eigenvalue weighted by Crippen LogP contribution is 2.41. The van der Waals surface area contributed by atoms with Crippen molar-refractivity contribution in [1.29, 1.82) is 0 Å². The van der Waals surface area contributed by atoms with Gasteiger partial charge in [-0.05, 0) is 42.2 Å². The number of hydrogen-bond donors (Lipinski definition) is 1. The Hall–Kier alpha value is -3.25. The highest BCUT2D eigenvalue weighted by Gasteiger charge is 2.42. The van der Waals surface area contributed by atoms with Gasteiger partial charge >= 0.3 is 0 Å². The van der Waals surface area contributed by atoms with Gasteiger partial charge in [0.2, 0.25) is 10.0 Å². The van der Waals surface area contributed by atoms with E-state index in [1.54, 1.807) is 12.1 Å². The van der Waals surface area contributed by atoms with Crippen molar-refractivity contribution in [3.8, 4) is 0 Å². The number of sulfonamides is 1. The molecule has 0 bridgehead atoms. The van der Waals surface area contributed by atoms with Crippen LogP contribution in [0.15, 0.2) is 120 Å². The van der Waals surface area contributed by atoms with Crippen molar-refractivity contribution < 1.29 is 8.42 Å². The number of benzene rings is 4. The fourth-order valence-corrected chi connectivity index (χ4v) is 6.19. The van der Waals surface area contributed by atoms with Crippen molar-refractivity contribution in [2.24, 2.45) is 0 Å². The molecule has 0 aliphatic carbocycles. The molecule has 2 unspecified atom stereocenters. The molecule has 4 aromatic rings. The third-order valence-electron chi connectivity index (χ3n) is 6.83. The van der Waals surface area contributed by atoms with E-state index in [0.717, 1.165) is 24.1 Å². The monoisotopic (exact) mass is 482 g/mol. The molecule has 0 amide bonds. The summed E-state index contributed by atoms with van der Waals surface area (Å²) in [6, 6.07) is 37.6. The Kier molecular flexibility index (Phi) is 6.82. The minimum Gasteiger partial charge on any atom is -0.287 e. The van der Waals surface area contributed by atoms with E-state index in [-0.39, 0.29) is 23.0 Å². The lowest BCUT2D eigenvalue weighted by molar-refractivity contribution is 0.0353. The predicted molar refractivity (Wildman–Crippen MR) is 141 cm³/mol. The van der Waals surface area contributed by atoms with Crippen molar-refractivity contribution in [3.05, 3.63) is 138 Å². The molecular weight excluding hydrogens is 452 g/mol. The third kappa shape index (κ3) is 5.08. The van der Waals surface area contributed by atoms with E-state index < -0.39 is 10.0 Å². The van der Waals surface area contributed by atoms with E-state index in [9.17, 15) is 8.42 Å². The van der Waals surface area contributed by atoms with Crippen molar-refractivity contribution in [2.75, 3.05) is 6.54 Å². The van der Waals surface area contributed by atoms with Crippen molar-refractivity contribution in [2.45, 2.75) is 36.4 Å². The van der Waals surface area contributed by atoms with Gasteiger partial charge in [0.1, 0.15) is 0 Å². The van der Waals surface area contributed by atoms with Gasteiger partial charge in [0.25, 0.3) is 0 Å². The van der Waals surface area contributed by atoms with Gasteiger partial charge < -0.3 is 0 Å². The fourth-order valence-electron chi connectivity index (χ4n) is 4.93. The number of rotatable bonds is 8. The molecule has 2 atom stereocenters. The van der Waals surface area contributed by atoms with Gasteiger partial charge in [-0.2, -0.15) is 0 Å². The zero-order chi connectivity index (χ0) is 24.3. The lowest BCUT2D eigenvalue weighted by atomic mass is 9.85. The van der Waals surface area contributed by atoms with E-state index >= 15 is 0 Å². The second-order valence-electron chi connectivity index (χ2n) is 9.14. The standard InChI is InChI=1S/C30H30N2O2S/c1-23-17-19-27(20-18-23)35(33,34)31-29(24-11-5-2-6-12-24)28-21-22-32(28)30(25-13-7-3-8-14-25)26-15-9-4-10-16-26/h2-20,28-31H,21-22H2,1H3. The van der Waals surface area contributed by atoms with Crippen LogP contribution in [0.1, 0.15) is 40.8 Å². The first-order chi connectivity index (χ1) is 17.0. The molecule has 1 heterocycles. The summed E-state index contributed by atoms with van der Waals surface area (Å²) in [6.07, 6.45) is 0.909. The van der Waals surface area contributed by atoms with E-state index in [0.29, 0.717) is 0 Å². The van der Waals surface area contributed by atoms with E-state index in [4.69, 9.17) is 0 Å². The molecule has 1 N–H and O–H groups in total. The van der Waals surface area contributed by atoms with Crippen LogP contribution in [-0.2, 0) is 10.0 Å². The number of nitrogens with zero attached hydrogens (tertiary/aromatic N) is 1. The zero-order valence-corrected chi connectivity index (χ0v) is 20.6. The summed E-state index contributed by atoms with van der Waals surface area (Å²) < 4.78 is 30.0. The van der Waals surface area contributed by atoms with Crippen molar-refractivity contribution in [1.82, 2.24) is 9.62 Å². The Morgan fingerprint density at radius 1 is 0.714 bits per heavy atom. The van der Waals surface area contributed by atoms with Crippen LogP contribution in [0, 0.1) is 6.92 Å². The van der Waals surface area contributed by atoms with Crippen LogP contribution >= 0.6 is 0 Å². The molecular formula is C30H30N2O2S. The molecule has 1 fully saturated rings. The first-order valence-corrected chi connectivity index (χ1v) is 13.5. The highest BCUT2D eigenvalue weighted by atomic mass is 32.2. The Morgan fingerprint density at radius 2 is 1.20 bits per heavy atom. The predicted octanol–water partition coefficient (Wildman–Crippen LogP) is 5.88. The lowest BCUT2D eigenvalue weighted by Crippen LogP contribution is -2.56. The van der Waals surface area contributed by atoms with E-state index in [1.807, 2.05) is 61.5 Å². The summed E-state index contributed by atoms with van der Waals surface area (Å²) in [5.74, 6) is 0. The molecule has 0 radical (unpaired) electrons. The van der Waals surface area contributed by atoms with Crippen molar-refractivity contribution >= 4 is 10.0 Å². The second kappa shape index (κ2) is 10.2. The largest absolute Gasteiger partial charge is 0.287 e. The summed E-state index contributed by atoms with van der Waals surface area (Å²) in [5.41, 5.74) is 4.41. The van der Waals surface area contributed by atoms with E-state index in [1.165, 1.54) is 11.1 Å². The molecule has 35 heavy (non-hydrogen) atoms. The third-order valence-corrected chi connectivity index (χ3v) is 8.29. The molecule has 0 spiro atoms. The summed E-state index contributed by atoms with van der Waals surface area (Å²) in [5, 5.41) is 0. The topological polar surface area (TPSA) is 49.4 Å². The first kappa shape index (κ1) is 23.5. The van der Waals surface area contributed by atoms with Gasteiger partial charge in [0, 0.05) is 12.6 Å².